The molecule has 35 heavy (non-hydrogen) atoms. The van der Waals surface area contributed by atoms with Crippen molar-refractivity contribution in [3.8, 4) is 5.75 Å². The van der Waals surface area contributed by atoms with E-state index in [0.29, 0.717) is 25.1 Å². The van der Waals surface area contributed by atoms with Crippen LogP contribution in [-0.4, -0.2) is 80.4 Å². The van der Waals surface area contributed by atoms with Gasteiger partial charge < -0.3 is 14.7 Å². The van der Waals surface area contributed by atoms with Crippen LogP contribution in [0.3, 0.4) is 0 Å². The van der Waals surface area contributed by atoms with E-state index in [0.717, 1.165) is 37.2 Å². The second kappa shape index (κ2) is 13.9. The number of rotatable bonds is 10. The van der Waals surface area contributed by atoms with Crippen molar-refractivity contribution in [2.45, 2.75) is 17.5 Å². The first kappa shape index (κ1) is 29.3. The van der Waals surface area contributed by atoms with Gasteiger partial charge in [-0.1, -0.05) is 30.3 Å². The standard InChI is InChI=1S/C24H30N4O4S.2ClH/c29-24(19-26-33(30,31)23-9-4-6-20-18-25-11-10-22(20)23)28-15-13-27(14-16-28)12-5-17-32-21-7-2-1-3-8-21;;/h1-4,6-11,18,24,26,29H,5,12-17,19H2;2*1H. The number of ether oxygens (including phenoxy) is 1. The lowest BCUT2D eigenvalue weighted by molar-refractivity contribution is -0.0213. The molecule has 192 valence electrons. The van der Waals surface area contributed by atoms with Crippen molar-refractivity contribution in [1.29, 1.82) is 0 Å². The minimum absolute atomic E-state index is 0. The molecule has 8 nitrogen and oxygen atoms in total. The number of piperazine rings is 1. The van der Waals surface area contributed by atoms with Gasteiger partial charge in [0.25, 0.3) is 0 Å². The number of aliphatic hydroxyl groups is 1. The number of nitrogens with one attached hydrogen (secondary N) is 1. The summed E-state index contributed by atoms with van der Waals surface area (Å²) in [5.74, 6) is 0.882. The summed E-state index contributed by atoms with van der Waals surface area (Å²) in [5, 5.41) is 11.9. The highest BCUT2D eigenvalue weighted by Crippen LogP contribution is 2.21. The van der Waals surface area contributed by atoms with E-state index in [1.807, 2.05) is 41.3 Å². The highest BCUT2D eigenvalue weighted by molar-refractivity contribution is 7.89. The molecule has 0 saturated carbocycles. The molecular weight excluding hydrogens is 511 g/mol. The van der Waals surface area contributed by atoms with Crippen LogP contribution in [0.4, 0.5) is 0 Å². The zero-order chi connectivity index (χ0) is 23.1. The first-order chi connectivity index (χ1) is 16.0. The van der Waals surface area contributed by atoms with Gasteiger partial charge >= 0.3 is 0 Å². The monoisotopic (exact) mass is 542 g/mol. The number of fused-ring (bicyclic) bond motifs is 1. The Labute approximate surface area is 219 Å². The molecule has 3 aromatic rings. The van der Waals surface area contributed by atoms with Gasteiger partial charge in [0.2, 0.25) is 10.0 Å². The fourth-order valence-electron chi connectivity index (χ4n) is 4.00. The van der Waals surface area contributed by atoms with Crippen molar-refractivity contribution in [3.63, 3.8) is 0 Å². The summed E-state index contributed by atoms with van der Waals surface area (Å²) in [6.07, 6.45) is 3.26. The van der Waals surface area contributed by atoms with E-state index in [9.17, 15) is 13.5 Å². The number of para-hydroxylation sites is 1. The van der Waals surface area contributed by atoms with Gasteiger partial charge in [-0.3, -0.25) is 9.88 Å². The molecule has 4 rings (SSSR count). The first-order valence-electron chi connectivity index (χ1n) is 11.2. The quantitative estimate of drug-likeness (QED) is 0.380. The molecule has 1 fully saturated rings. The highest BCUT2D eigenvalue weighted by atomic mass is 35.5. The Morgan fingerprint density at radius 2 is 1.74 bits per heavy atom. The summed E-state index contributed by atoms with van der Waals surface area (Å²) in [6.45, 7) is 4.55. The third-order valence-electron chi connectivity index (χ3n) is 5.85. The van der Waals surface area contributed by atoms with E-state index in [4.69, 9.17) is 4.74 Å². The molecule has 0 bridgehead atoms. The van der Waals surface area contributed by atoms with E-state index >= 15 is 0 Å². The summed E-state index contributed by atoms with van der Waals surface area (Å²) < 4.78 is 34.0. The Bertz CT molecular complexity index is 1140. The van der Waals surface area contributed by atoms with Gasteiger partial charge in [0.05, 0.1) is 18.0 Å². The second-order valence-corrected chi connectivity index (χ2v) is 9.81. The number of sulfonamides is 1. The number of nitrogens with zero attached hydrogens (tertiary/aromatic N) is 3. The number of hydrogen-bond acceptors (Lipinski definition) is 7. The van der Waals surface area contributed by atoms with Crippen molar-refractivity contribution in [3.05, 3.63) is 67.0 Å². The highest BCUT2D eigenvalue weighted by Gasteiger charge is 2.24. The summed E-state index contributed by atoms with van der Waals surface area (Å²) in [6, 6.07) is 16.5. The molecule has 0 spiro atoms. The number of benzene rings is 2. The van der Waals surface area contributed by atoms with Crippen LogP contribution in [0, 0.1) is 0 Å². The average Bonchev–Trinajstić information content (AvgIpc) is 2.86. The van der Waals surface area contributed by atoms with Crippen LogP contribution < -0.4 is 9.46 Å². The maximum atomic E-state index is 12.9. The molecule has 1 aromatic heterocycles. The normalized spacial score (nSPS) is 15.7. The molecule has 0 amide bonds. The zero-order valence-corrected chi connectivity index (χ0v) is 21.8. The number of pyridine rings is 1. The third-order valence-corrected chi connectivity index (χ3v) is 7.33. The van der Waals surface area contributed by atoms with Gasteiger partial charge in [-0.25, -0.2) is 13.1 Å². The van der Waals surface area contributed by atoms with Crippen LogP contribution in [0.5, 0.6) is 5.75 Å². The minimum Gasteiger partial charge on any atom is -0.494 e. The van der Waals surface area contributed by atoms with E-state index in [1.54, 1.807) is 30.6 Å². The Morgan fingerprint density at radius 1 is 1.00 bits per heavy atom. The molecule has 1 aliphatic heterocycles. The molecule has 0 aliphatic carbocycles. The molecule has 1 atom stereocenters. The van der Waals surface area contributed by atoms with E-state index in [-0.39, 0.29) is 36.3 Å². The molecule has 2 aromatic carbocycles. The lowest BCUT2D eigenvalue weighted by Gasteiger charge is -2.37. The Hall–Kier alpha value is -1.98. The Kier molecular flexibility index (Phi) is 11.6. The first-order valence-corrected chi connectivity index (χ1v) is 12.7. The minimum atomic E-state index is -3.76. The molecule has 2 heterocycles. The van der Waals surface area contributed by atoms with E-state index < -0.39 is 16.3 Å². The molecule has 11 heteroatoms. The van der Waals surface area contributed by atoms with Gasteiger partial charge in [0.15, 0.2) is 0 Å². The van der Waals surface area contributed by atoms with Crippen molar-refractivity contribution in [1.82, 2.24) is 19.5 Å². The third kappa shape index (κ3) is 8.01. The predicted molar refractivity (Wildman–Crippen MR) is 142 cm³/mol. The van der Waals surface area contributed by atoms with Gasteiger partial charge in [-0.05, 0) is 30.7 Å². The molecule has 1 unspecified atom stereocenters. The molecular formula is C24H32Cl2N4O4S. The lowest BCUT2D eigenvalue weighted by Crippen LogP contribution is -2.53. The number of aromatic nitrogens is 1. The van der Waals surface area contributed by atoms with Gasteiger partial charge in [0.1, 0.15) is 12.0 Å². The number of aliphatic hydroxyl groups excluding tert-OH is 1. The van der Waals surface area contributed by atoms with Crippen LogP contribution in [0.2, 0.25) is 0 Å². The summed E-state index contributed by atoms with van der Waals surface area (Å²) in [7, 11) is -3.76. The maximum absolute atomic E-state index is 12.9. The molecule has 2 N–H and O–H groups in total. The smallest absolute Gasteiger partial charge is 0.241 e. The molecule has 1 aliphatic rings. The summed E-state index contributed by atoms with van der Waals surface area (Å²) in [5.41, 5.74) is 0. The summed E-state index contributed by atoms with van der Waals surface area (Å²) >= 11 is 0. The summed E-state index contributed by atoms with van der Waals surface area (Å²) in [4.78, 5) is 8.48. The second-order valence-electron chi connectivity index (χ2n) is 8.08. The zero-order valence-electron chi connectivity index (χ0n) is 19.3. The van der Waals surface area contributed by atoms with Gasteiger partial charge in [-0.2, -0.15) is 0 Å². The fraction of sp³-hybridized carbons (Fsp3) is 0.375. The van der Waals surface area contributed by atoms with Gasteiger partial charge in [-0.15, -0.1) is 24.8 Å². The van der Waals surface area contributed by atoms with Crippen LogP contribution in [0.25, 0.3) is 10.8 Å². The van der Waals surface area contributed by atoms with Crippen LogP contribution in [0.15, 0.2) is 71.9 Å². The SMILES string of the molecule is Cl.Cl.O=S(=O)(NCC(O)N1CCN(CCCOc2ccccc2)CC1)c1cccc2cnccc12. The van der Waals surface area contributed by atoms with Crippen LogP contribution in [-0.2, 0) is 10.0 Å². The fourth-order valence-corrected chi connectivity index (χ4v) is 5.26. The van der Waals surface area contributed by atoms with Crippen molar-refractivity contribution in [2.75, 3.05) is 45.9 Å². The van der Waals surface area contributed by atoms with Crippen LogP contribution >= 0.6 is 24.8 Å². The maximum Gasteiger partial charge on any atom is 0.241 e. The number of hydrogen-bond donors (Lipinski definition) is 2. The van der Waals surface area contributed by atoms with E-state index in [1.165, 1.54) is 0 Å². The molecule has 0 radical (unpaired) electrons. The van der Waals surface area contributed by atoms with Crippen molar-refractivity contribution < 1.29 is 18.3 Å². The predicted octanol–water partition coefficient (Wildman–Crippen LogP) is 2.76. The lowest BCUT2D eigenvalue weighted by atomic mass is 10.2. The Morgan fingerprint density at radius 3 is 2.49 bits per heavy atom. The largest absolute Gasteiger partial charge is 0.494 e. The Balaban J connectivity index is 0.00000216. The topological polar surface area (TPSA) is 95.0 Å². The van der Waals surface area contributed by atoms with E-state index in [2.05, 4.69) is 14.6 Å². The van der Waals surface area contributed by atoms with Gasteiger partial charge in [0, 0.05) is 55.9 Å². The van der Waals surface area contributed by atoms with Crippen molar-refractivity contribution >= 4 is 45.6 Å². The average molecular weight is 544 g/mol. The molecule has 1 saturated heterocycles. The number of halogens is 2. The van der Waals surface area contributed by atoms with Crippen molar-refractivity contribution in [2.24, 2.45) is 0 Å². The van der Waals surface area contributed by atoms with Crippen LogP contribution in [0.1, 0.15) is 6.42 Å².